The average molecular weight is 332 g/mol. The Morgan fingerprint density at radius 1 is 1.21 bits per heavy atom. The van der Waals surface area contributed by atoms with Gasteiger partial charge in [-0.2, -0.15) is 0 Å². The first kappa shape index (κ1) is 16.6. The van der Waals surface area contributed by atoms with Gasteiger partial charge in [0.2, 0.25) is 0 Å². The number of esters is 1. The third kappa shape index (κ3) is 1.91. The van der Waals surface area contributed by atoms with Gasteiger partial charge in [0, 0.05) is 0 Å². The molecule has 1 spiro atoms. The van der Waals surface area contributed by atoms with Crippen molar-refractivity contribution < 1.29 is 14.3 Å². The van der Waals surface area contributed by atoms with Crippen LogP contribution < -0.4 is 0 Å². The molecule has 7 atom stereocenters. The topological polar surface area (TPSA) is 38.8 Å². The van der Waals surface area contributed by atoms with Crippen molar-refractivity contribution in [3.8, 4) is 0 Å². The van der Waals surface area contributed by atoms with E-state index in [2.05, 4.69) is 33.4 Å². The van der Waals surface area contributed by atoms with E-state index >= 15 is 0 Å². The number of rotatable bonds is 2. The molecule has 0 N–H and O–H groups in total. The van der Waals surface area contributed by atoms with Crippen LogP contribution in [0.4, 0.5) is 0 Å². The zero-order valence-corrected chi connectivity index (χ0v) is 15.7. The van der Waals surface area contributed by atoms with E-state index in [1.165, 1.54) is 26.4 Å². The van der Waals surface area contributed by atoms with E-state index in [9.17, 15) is 4.79 Å². The molecule has 24 heavy (non-hydrogen) atoms. The van der Waals surface area contributed by atoms with Crippen LogP contribution in [0.25, 0.3) is 0 Å². The SMILES string of the molecule is C=C[C@@]1(C)CC[C@@H]2[C@@]3(C)CCC[C@@](C)(C(=O)OC)[C@@H]3C[C@@H]3O[C@@]32C1. The molecule has 4 rings (SSSR count). The maximum atomic E-state index is 12.6. The number of allylic oxidation sites excluding steroid dienone is 1. The largest absolute Gasteiger partial charge is 0.469 e. The minimum Gasteiger partial charge on any atom is -0.469 e. The Bertz CT molecular complexity index is 586. The summed E-state index contributed by atoms with van der Waals surface area (Å²) < 4.78 is 11.7. The van der Waals surface area contributed by atoms with Crippen LogP contribution in [0.5, 0.6) is 0 Å². The third-order valence-corrected chi connectivity index (χ3v) is 8.49. The van der Waals surface area contributed by atoms with Crippen molar-refractivity contribution in [2.75, 3.05) is 7.11 Å². The highest BCUT2D eigenvalue weighted by Crippen LogP contribution is 2.73. The van der Waals surface area contributed by atoms with Gasteiger partial charge < -0.3 is 9.47 Å². The van der Waals surface area contributed by atoms with Crippen molar-refractivity contribution in [3.05, 3.63) is 12.7 Å². The van der Waals surface area contributed by atoms with Crippen LogP contribution in [0, 0.1) is 28.1 Å². The van der Waals surface area contributed by atoms with Crippen LogP contribution in [0.3, 0.4) is 0 Å². The number of carbonyl (C=O) groups excluding carboxylic acids is 1. The lowest BCUT2D eigenvalue weighted by atomic mass is 9.43. The van der Waals surface area contributed by atoms with E-state index in [-0.39, 0.29) is 27.8 Å². The van der Waals surface area contributed by atoms with E-state index in [0.29, 0.717) is 17.9 Å². The number of carbonyl (C=O) groups is 1. The summed E-state index contributed by atoms with van der Waals surface area (Å²) >= 11 is 0. The second-order valence-corrected chi connectivity index (χ2v) is 9.74. The molecule has 134 valence electrons. The van der Waals surface area contributed by atoms with E-state index in [4.69, 9.17) is 9.47 Å². The molecule has 0 unspecified atom stereocenters. The van der Waals surface area contributed by atoms with Gasteiger partial charge in [0.25, 0.3) is 0 Å². The van der Waals surface area contributed by atoms with E-state index in [0.717, 1.165) is 25.7 Å². The first-order valence-electron chi connectivity index (χ1n) is 9.64. The van der Waals surface area contributed by atoms with Gasteiger partial charge in [-0.3, -0.25) is 4.79 Å². The van der Waals surface area contributed by atoms with Crippen LogP contribution in [0.15, 0.2) is 12.7 Å². The predicted octanol–water partition coefficient (Wildman–Crippen LogP) is 4.51. The zero-order valence-electron chi connectivity index (χ0n) is 15.7. The number of fused-ring (bicyclic) bond motifs is 2. The molecule has 0 radical (unpaired) electrons. The summed E-state index contributed by atoms with van der Waals surface area (Å²) in [7, 11) is 1.54. The molecule has 0 aromatic heterocycles. The van der Waals surface area contributed by atoms with E-state index in [1.807, 2.05) is 0 Å². The van der Waals surface area contributed by atoms with Crippen LogP contribution in [-0.2, 0) is 14.3 Å². The Balaban J connectivity index is 1.71. The third-order valence-electron chi connectivity index (χ3n) is 8.49. The van der Waals surface area contributed by atoms with Gasteiger partial charge in [-0.15, -0.1) is 6.58 Å². The number of epoxide rings is 1. The Morgan fingerprint density at radius 3 is 2.62 bits per heavy atom. The van der Waals surface area contributed by atoms with E-state index in [1.54, 1.807) is 0 Å². The van der Waals surface area contributed by atoms with Crippen molar-refractivity contribution >= 4 is 5.97 Å². The second kappa shape index (κ2) is 4.87. The molecule has 3 aliphatic carbocycles. The van der Waals surface area contributed by atoms with Gasteiger partial charge in [-0.1, -0.05) is 26.3 Å². The fourth-order valence-electron chi connectivity index (χ4n) is 7.11. The molecular formula is C21H32O3. The minimum atomic E-state index is -0.348. The van der Waals surface area contributed by atoms with Gasteiger partial charge in [-0.05, 0) is 68.1 Å². The van der Waals surface area contributed by atoms with Gasteiger partial charge in [-0.25, -0.2) is 0 Å². The lowest BCUT2D eigenvalue weighted by Crippen LogP contribution is -2.59. The fraction of sp³-hybridized carbons (Fsp3) is 0.857. The molecule has 4 aliphatic rings. The van der Waals surface area contributed by atoms with Gasteiger partial charge >= 0.3 is 5.97 Å². The number of hydrogen-bond acceptors (Lipinski definition) is 3. The summed E-state index contributed by atoms with van der Waals surface area (Å²) in [4.78, 5) is 12.6. The second-order valence-electron chi connectivity index (χ2n) is 9.74. The van der Waals surface area contributed by atoms with Crippen LogP contribution in [-0.4, -0.2) is 24.8 Å². The van der Waals surface area contributed by atoms with Crippen molar-refractivity contribution in [2.45, 2.75) is 77.4 Å². The maximum Gasteiger partial charge on any atom is 0.311 e. The molecule has 1 heterocycles. The monoisotopic (exact) mass is 332 g/mol. The predicted molar refractivity (Wildman–Crippen MR) is 93.4 cm³/mol. The standard InChI is InChI=1S/C21H32O3/c1-6-18(2)11-8-14-19(3)9-7-10-20(4,17(22)23-5)15(19)12-16-21(14,13-18)24-16/h6,14-16H,1,7-13H2,2-5H3/t14-,15-,16+,18+,19-,20-,21-/m1/s1. The lowest BCUT2D eigenvalue weighted by Gasteiger charge is -2.60. The highest BCUT2D eigenvalue weighted by molar-refractivity contribution is 5.77. The molecular weight excluding hydrogens is 300 g/mol. The molecule has 0 bridgehead atoms. The molecule has 3 nitrogen and oxygen atoms in total. The van der Waals surface area contributed by atoms with Gasteiger partial charge in [0.1, 0.15) is 0 Å². The summed E-state index contributed by atoms with van der Waals surface area (Å²) in [6.45, 7) is 11.0. The highest BCUT2D eigenvalue weighted by atomic mass is 16.6. The summed E-state index contributed by atoms with van der Waals surface area (Å²) in [5, 5.41) is 0. The average Bonchev–Trinajstić information content (AvgIpc) is 3.23. The van der Waals surface area contributed by atoms with Crippen LogP contribution >= 0.6 is 0 Å². The molecule has 1 saturated heterocycles. The normalized spacial score (nSPS) is 55.6. The highest BCUT2D eigenvalue weighted by Gasteiger charge is 2.75. The summed E-state index contributed by atoms with van der Waals surface area (Å²) in [5.74, 6) is 0.939. The summed E-state index contributed by atoms with van der Waals surface area (Å²) in [5.41, 5.74) is 0.102. The van der Waals surface area contributed by atoms with Crippen LogP contribution in [0.2, 0.25) is 0 Å². The lowest BCUT2D eigenvalue weighted by molar-refractivity contribution is -0.173. The number of methoxy groups -OCH3 is 1. The molecule has 0 aromatic carbocycles. The summed E-state index contributed by atoms with van der Waals surface area (Å²) in [6, 6.07) is 0. The van der Waals surface area contributed by atoms with Gasteiger partial charge in [0.05, 0.1) is 24.2 Å². The van der Waals surface area contributed by atoms with E-state index < -0.39 is 0 Å². The molecule has 3 saturated carbocycles. The molecule has 4 fully saturated rings. The quantitative estimate of drug-likeness (QED) is 0.424. The van der Waals surface area contributed by atoms with Crippen LogP contribution in [0.1, 0.15) is 65.7 Å². The molecule has 1 aliphatic heterocycles. The molecule has 0 aromatic rings. The maximum absolute atomic E-state index is 12.6. The Hall–Kier alpha value is -0.830. The smallest absolute Gasteiger partial charge is 0.311 e. The summed E-state index contributed by atoms with van der Waals surface area (Å²) in [6.07, 6.45) is 10.3. The Morgan fingerprint density at radius 2 is 1.96 bits per heavy atom. The van der Waals surface area contributed by atoms with Gasteiger partial charge in [0.15, 0.2) is 0 Å². The van der Waals surface area contributed by atoms with Crippen molar-refractivity contribution in [1.82, 2.24) is 0 Å². The molecule has 3 heteroatoms. The number of ether oxygens (including phenoxy) is 2. The first-order valence-corrected chi connectivity index (χ1v) is 9.64. The fourth-order valence-corrected chi connectivity index (χ4v) is 7.11. The van der Waals surface area contributed by atoms with Crippen molar-refractivity contribution in [2.24, 2.45) is 28.1 Å². The van der Waals surface area contributed by atoms with Crippen molar-refractivity contribution in [1.29, 1.82) is 0 Å². The first-order chi connectivity index (χ1) is 11.2. The molecule has 0 amide bonds. The van der Waals surface area contributed by atoms with Crippen molar-refractivity contribution in [3.63, 3.8) is 0 Å². The zero-order chi connectivity index (χ0) is 17.4. The Kier molecular flexibility index (Phi) is 3.37. The minimum absolute atomic E-state index is 0.0154. The number of hydrogen-bond donors (Lipinski definition) is 0. The Labute approximate surface area is 146 Å².